The van der Waals surface area contributed by atoms with Gasteiger partial charge in [-0.15, -0.1) is 11.3 Å². The molecule has 0 saturated carbocycles. The van der Waals surface area contributed by atoms with Crippen LogP contribution in [0.4, 0.5) is 0 Å². The van der Waals surface area contributed by atoms with E-state index < -0.39 is 11.9 Å². The zero-order chi connectivity index (χ0) is 27.9. The summed E-state index contributed by atoms with van der Waals surface area (Å²) in [5, 5.41) is 28.0. The number of thiazole rings is 1. The summed E-state index contributed by atoms with van der Waals surface area (Å²) in [7, 11) is 1.45. The molecule has 9 nitrogen and oxygen atoms in total. The van der Waals surface area contributed by atoms with Crippen molar-refractivity contribution in [2.45, 2.75) is 25.3 Å². The lowest BCUT2D eigenvalue weighted by atomic mass is 10.1. The number of aliphatic imine (C=N–C) groups is 1. The predicted octanol–water partition coefficient (Wildman–Crippen LogP) is 4.85. The normalized spacial score (nSPS) is 12.4. The van der Waals surface area contributed by atoms with E-state index in [1.54, 1.807) is 23.8 Å². The van der Waals surface area contributed by atoms with E-state index in [9.17, 15) is 15.0 Å². The number of rotatable bonds is 11. The van der Waals surface area contributed by atoms with Crippen LogP contribution in [-0.4, -0.2) is 45.5 Å². The number of methoxy groups -OCH3 is 1. The maximum absolute atomic E-state index is 12.8. The highest BCUT2D eigenvalue weighted by Gasteiger charge is 2.18. The van der Waals surface area contributed by atoms with E-state index in [1.807, 2.05) is 18.2 Å². The Kier molecular flexibility index (Phi) is 8.36. The fraction of sp³-hybridized carbons (Fsp3) is 0.200. The summed E-state index contributed by atoms with van der Waals surface area (Å²) in [5.41, 5.74) is 3.54. The summed E-state index contributed by atoms with van der Waals surface area (Å²) in [6, 6.07) is 18.5. The zero-order valence-electron chi connectivity index (χ0n) is 21.8. The second kappa shape index (κ2) is 12.4. The summed E-state index contributed by atoms with van der Waals surface area (Å²) in [6.07, 6.45) is 5.14. The number of aromatic amines is 1. The van der Waals surface area contributed by atoms with Gasteiger partial charge in [-0.05, 0) is 48.2 Å². The van der Waals surface area contributed by atoms with E-state index in [0.717, 1.165) is 22.0 Å². The molecule has 3 N–H and O–H groups in total. The fourth-order valence-electron chi connectivity index (χ4n) is 4.47. The quantitative estimate of drug-likeness (QED) is 0.121. The van der Waals surface area contributed by atoms with Gasteiger partial charge in [0, 0.05) is 24.2 Å². The number of imidazole rings is 1. The topological polar surface area (TPSA) is 136 Å². The SMILES string of the molecule is COc1cccc(O)c1C(=O)NCCCCC(N=C([O-])c1cncs1)c1ncc(-c2ccc3ccccc3c2)[nH]1. The molecular weight excluding hydrogens is 526 g/mol. The summed E-state index contributed by atoms with van der Waals surface area (Å²) < 4.78 is 5.20. The molecule has 10 heteroatoms. The number of hydrogen-bond acceptors (Lipinski definition) is 8. The second-order valence-corrected chi connectivity index (χ2v) is 10.1. The first kappa shape index (κ1) is 26.9. The maximum Gasteiger partial charge on any atom is 0.258 e. The third-order valence-electron chi connectivity index (χ3n) is 6.53. The van der Waals surface area contributed by atoms with Crippen molar-refractivity contribution < 1.29 is 19.7 Å². The van der Waals surface area contributed by atoms with Crippen LogP contribution in [0.3, 0.4) is 0 Å². The van der Waals surface area contributed by atoms with Crippen molar-refractivity contribution in [2.75, 3.05) is 13.7 Å². The van der Waals surface area contributed by atoms with Gasteiger partial charge in [0.15, 0.2) is 0 Å². The average molecular weight is 555 g/mol. The Morgan fingerprint density at radius 2 is 1.98 bits per heavy atom. The molecule has 2 heterocycles. The van der Waals surface area contributed by atoms with Gasteiger partial charge in [-0.1, -0.05) is 42.5 Å². The number of nitrogens with zero attached hydrogens (tertiary/aromatic N) is 3. The Hall–Kier alpha value is -4.70. The van der Waals surface area contributed by atoms with Crippen LogP contribution in [0.15, 0.2) is 83.6 Å². The molecule has 0 aliphatic heterocycles. The number of amides is 1. The summed E-state index contributed by atoms with van der Waals surface area (Å²) >= 11 is 1.25. The molecule has 2 aromatic heterocycles. The third-order valence-corrected chi connectivity index (χ3v) is 7.29. The van der Waals surface area contributed by atoms with Crippen LogP contribution in [0.2, 0.25) is 0 Å². The highest BCUT2D eigenvalue weighted by Crippen LogP contribution is 2.29. The number of nitrogens with one attached hydrogen (secondary N) is 2. The van der Waals surface area contributed by atoms with Crippen molar-refractivity contribution in [3.05, 3.63) is 94.8 Å². The van der Waals surface area contributed by atoms with Gasteiger partial charge in [0.2, 0.25) is 0 Å². The molecule has 0 spiro atoms. The molecule has 5 rings (SSSR count). The van der Waals surface area contributed by atoms with Gasteiger partial charge in [0.25, 0.3) is 5.91 Å². The minimum absolute atomic E-state index is 0.102. The smallest absolute Gasteiger partial charge is 0.258 e. The van der Waals surface area contributed by atoms with Crippen molar-refractivity contribution in [2.24, 2.45) is 4.99 Å². The Morgan fingerprint density at radius 1 is 1.12 bits per heavy atom. The Balaban J connectivity index is 1.27. The maximum atomic E-state index is 12.8. The van der Waals surface area contributed by atoms with Gasteiger partial charge in [0.05, 0.1) is 29.4 Å². The first-order chi connectivity index (χ1) is 19.5. The molecule has 0 aliphatic rings. The molecule has 3 aromatic carbocycles. The van der Waals surface area contributed by atoms with E-state index in [4.69, 9.17) is 4.74 Å². The summed E-state index contributed by atoms with van der Waals surface area (Å²) in [6.45, 7) is 0.381. The standard InChI is InChI=1S/C30H29N5O4S/c1-39-25-11-6-10-24(36)27(25)30(38)32-14-5-4-9-22(35-29(37)26-17-31-18-40-26)28-33-16-23(34-28)21-13-12-19-7-2-3-8-20(19)15-21/h2-3,6-8,10-13,15-18,22,36H,4-5,9,14H2,1H3,(H,32,38)(H,33,34)(H,35,37)/p-1. The van der Waals surface area contributed by atoms with Crippen LogP contribution in [-0.2, 0) is 0 Å². The van der Waals surface area contributed by atoms with E-state index in [-0.39, 0.29) is 17.2 Å². The number of phenols is 1. The molecule has 1 unspecified atom stereocenters. The monoisotopic (exact) mass is 554 g/mol. The highest BCUT2D eigenvalue weighted by molar-refractivity contribution is 7.11. The molecule has 40 heavy (non-hydrogen) atoms. The van der Waals surface area contributed by atoms with Crippen molar-refractivity contribution in [3.8, 4) is 22.8 Å². The number of carbonyl (C=O) groups excluding carboxylic acids is 1. The van der Waals surface area contributed by atoms with E-state index in [0.29, 0.717) is 42.3 Å². The molecule has 1 amide bonds. The van der Waals surface area contributed by atoms with E-state index >= 15 is 0 Å². The van der Waals surface area contributed by atoms with Gasteiger partial charge in [-0.3, -0.25) is 14.8 Å². The van der Waals surface area contributed by atoms with Crippen molar-refractivity contribution in [3.63, 3.8) is 0 Å². The van der Waals surface area contributed by atoms with Crippen LogP contribution in [0.25, 0.3) is 22.0 Å². The second-order valence-electron chi connectivity index (χ2n) is 9.17. The lowest BCUT2D eigenvalue weighted by molar-refractivity contribution is -0.213. The molecule has 5 aromatic rings. The van der Waals surface area contributed by atoms with Crippen molar-refractivity contribution in [1.82, 2.24) is 20.3 Å². The number of hydrogen-bond donors (Lipinski definition) is 3. The lowest BCUT2D eigenvalue weighted by Crippen LogP contribution is -2.25. The zero-order valence-corrected chi connectivity index (χ0v) is 22.6. The van der Waals surface area contributed by atoms with Crippen LogP contribution >= 0.6 is 11.3 Å². The molecule has 0 bridgehead atoms. The Bertz CT molecular complexity index is 1630. The number of aromatic nitrogens is 3. The Labute approximate surface area is 235 Å². The number of aromatic hydroxyl groups is 1. The molecule has 1 atom stereocenters. The first-order valence-electron chi connectivity index (χ1n) is 12.9. The minimum atomic E-state index is -0.488. The molecule has 0 radical (unpaired) electrons. The van der Waals surface area contributed by atoms with E-state index in [1.165, 1.54) is 30.7 Å². The van der Waals surface area contributed by atoms with Crippen LogP contribution in [0, 0.1) is 0 Å². The fourth-order valence-corrected chi connectivity index (χ4v) is 4.98. The highest BCUT2D eigenvalue weighted by atomic mass is 32.1. The van der Waals surface area contributed by atoms with Gasteiger partial charge in [-0.2, -0.15) is 0 Å². The number of phenolic OH excluding ortho intramolecular Hbond substituents is 1. The number of unbranched alkanes of at least 4 members (excludes halogenated alkanes) is 1. The number of benzene rings is 3. The molecule has 0 saturated heterocycles. The summed E-state index contributed by atoms with van der Waals surface area (Å²) in [4.78, 5) is 29.5. The molecular formula is C30H28N5O4S-. The van der Waals surface area contributed by atoms with E-state index in [2.05, 4.69) is 49.5 Å². The molecule has 204 valence electrons. The number of ether oxygens (including phenoxy) is 1. The van der Waals surface area contributed by atoms with Crippen molar-refractivity contribution >= 4 is 33.9 Å². The minimum Gasteiger partial charge on any atom is -0.858 e. The number of H-pyrrole nitrogens is 1. The first-order valence-corrected chi connectivity index (χ1v) is 13.7. The molecule has 0 fully saturated rings. The number of carbonyl (C=O) groups is 1. The average Bonchev–Trinajstić information content (AvgIpc) is 3.69. The molecule has 0 aliphatic carbocycles. The predicted molar refractivity (Wildman–Crippen MR) is 154 cm³/mol. The Morgan fingerprint density at radius 3 is 2.77 bits per heavy atom. The largest absolute Gasteiger partial charge is 0.858 e. The van der Waals surface area contributed by atoms with Crippen LogP contribution < -0.4 is 15.2 Å². The van der Waals surface area contributed by atoms with Gasteiger partial charge < -0.3 is 25.3 Å². The van der Waals surface area contributed by atoms with Gasteiger partial charge in [-0.25, -0.2) is 4.98 Å². The van der Waals surface area contributed by atoms with Crippen molar-refractivity contribution in [1.29, 1.82) is 0 Å². The lowest BCUT2D eigenvalue weighted by Gasteiger charge is -2.16. The summed E-state index contributed by atoms with van der Waals surface area (Å²) in [5.74, 6) is 0.0121. The van der Waals surface area contributed by atoms with Crippen LogP contribution in [0.1, 0.15) is 46.4 Å². The van der Waals surface area contributed by atoms with Crippen LogP contribution in [0.5, 0.6) is 11.5 Å². The third kappa shape index (κ3) is 6.13. The number of fused-ring (bicyclic) bond motifs is 1. The van der Waals surface area contributed by atoms with Gasteiger partial charge >= 0.3 is 0 Å². The van der Waals surface area contributed by atoms with Gasteiger partial charge in [0.1, 0.15) is 28.9 Å².